The summed E-state index contributed by atoms with van der Waals surface area (Å²) in [5.74, 6) is -12.6. The highest BCUT2D eigenvalue weighted by Crippen LogP contribution is 2.50. The van der Waals surface area contributed by atoms with Crippen LogP contribution in [0.2, 0.25) is 0 Å². The average molecular weight is 454 g/mol. The Balaban J connectivity index is 4.48. The molecule has 1 aromatic rings. The summed E-state index contributed by atoms with van der Waals surface area (Å²) >= 11 is 0. The maximum Gasteiger partial charge on any atom is 0.308 e. The minimum Gasteiger partial charge on any atom is -0.418 e. The molecule has 1 aromatic carbocycles. The molecule has 0 aromatic heterocycles. The predicted molar refractivity (Wildman–Crippen MR) is 101 cm³/mol. The van der Waals surface area contributed by atoms with Gasteiger partial charge < -0.3 is 28.4 Å². The fourth-order valence-corrected chi connectivity index (χ4v) is 2.14. The highest BCUT2D eigenvalue weighted by atomic mass is 16.6. The number of ether oxygens (including phenoxy) is 6. The van der Waals surface area contributed by atoms with E-state index in [9.17, 15) is 33.6 Å². The van der Waals surface area contributed by atoms with Crippen LogP contribution in [-0.2, 0) is 28.8 Å². The van der Waals surface area contributed by atoms with Crippen LogP contribution in [0.4, 0.5) is 0 Å². The van der Waals surface area contributed by atoms with E-state index >= 15 is 0 Å². The summed E-state index contributed by atoms with van der Waals surface area (Å²) in [6, 6.07) is 0. The summed E-state index contributed by atoms with van der Waals surface area (Å²) in [7, 11) is 0. The SMILES string of the molecule is CC(=O)Oc1c(OC(C)=O)c(OC(C)=O)c(OC(C)=O)c(=O)c(OC(C)=O)c1OC(C)=O. The normalized spacial score (nSPS) is 9.81. The van der Waals surface area contributed by atoms with Crippen molar-refractivity contribution in [3.8, 4) is 34.5 Å². The van der Waals surface area contributed by atoms with Gasteiger partial charge in [0.15, 0.2) is 0 Å². The number of carbonyl (C=O) groups excluding carboxylic acids is 6. The van der Waals surface area contributed by atoms with Gasteiger partial charge in [0.25, 0.3) is 5.43 Å². The first-order chi connectivity index (χ1) is 14.7. The van der Waals surface area contributed by atoms with E-state index in [0.717, 1.165) is 41.5 Å². The molecular formula is C19H18O13. The molecule has 0 atom stereocenters. The van der Waals surface area contributed by atoms with Crippen molar-refractivity contribution in [2.45, 2.75) is 41.5 Å². The fraction of sp³-hybridized carbons (Fsp3) is 0.316. The van der Waals surface area contributed by atoms with Crippen molar-refractivity contribution in [2.24, 2.45) is 0 Å². The first kappa shape index (κ1) is 25.7. The molecule has 32 heavy (non-hydrogen) atoms. The second-order valence-corrected chi connectivity index (χ2v) is 5.87. The molecule has 0 bridgehead atoms. The van der Waals surface area contributed by atoms with E-state index in [2.05, 4.69) is 0 Å². The standard InChI is InChI=1S/C19H18O13/c1-7(20)27-14-13(26)15(28-8(2)21)17(30-10(4)23)19(32-12(6)25)18(31-11(5)24)16(14)29-9(3)22/h1-6H3. The molecule has 13 nitrogen and oxygen atoms in total. The van der Waals surface area contributed by atoms with Gasteiger partial charge in [0, 0.05) is 41.5 Å². The van der Waals surface area contributed by atoms with E-state index in [1.165, 1.54) is 0 Å². The molecule has 0 saturated heterocycles. The van der Waals surface area contributed by atoms with Gasteiger partial charge in [0.05, 0.1) is 0 Å². The fourth-order valence-electron chi connectivity index (χ4n) is 2.14. The number of carbonyl (C=O) groups is 6. The summed E-state index contributed by atoms with van der Waals surface area (Å²) in [6.45, 7) is 5.31. The molecule has 0 aliphatic rings. The maximum atomic E-state index is 13.1. The average Bonchev–Trinajstić information content (AvgIpc) is 2.67. The van der Waals surface area contributed by atoms with Gasteiger partial charge in [-0.25, -0.2) is 0 Å². The van der Waals surface area contributed by atoms with Crippen molar-refractivity contribution in [1.29, 1.82) is 0 Å². The van der Waals surface area contributed by atoms with E-state index in [4.69, 9.17) is 28.4 Å². The Hall–Kier alpha value is -4.29. The Morgan fingerprint density at radius 2 is 0.531 bits per heavy atom. The molecule has 0 unspecified atom stereocenters. The monoisotopic (exact) mass is 454 g/mol. The smallest absolute Gasteiger partial charge is 0.308 e. The lowest BCUT2D eigenvalue weighted by Gasteiger charge is -2.13. The van der Waals surface area contributed by atoms with Gasteiger partial charge in [0.2, 0.25) is 34.5 Å². The number of rotatable bonds is 6. The second-order valence-electron chi connectivity index (χ2n) is 5.87. The Morgan fingerprint density at radius 1 is 0.375 bits per heavy atom. The molecule has 0 radical (unpaired) electrons. The highest BCUT2D eigenvalue weighted by molar-refractivity contribution is 5.85. The molecule has 0 saturated carbocycles. The van der Waals surface area contributed by atoms with Crippen LogP contribution in [0.1, 0.15) is 41.5 Å². The number of hydrogen-bond donors (Lipinski definition) is 0. The van der Waals surface area contributed by atoms with Gasteiger partial charge in [-0.05, 0) is 0 Å². The summed E-state index contributed by atoms with van der Waals surface area (Å²) < 4.78 is 29.3. The first-order valence-corrected chi connectivity index (χ1v) is 8.63. The Bertz CT molecular complexity index is 986. The molecule has 0 amide bonds. The number of hydrogen-bond acceptors (Lipinski definition) is 13. The molecule has 0 N–H and O–H groups in total. The Morgan fingerprint density at radius 3 is 0.719 bits per heavy atom. The minimum absolute atomic E-state index is 0.876. The van der Waals surface area contributed by atoms with Crippen molar-refractivity contribution in [3.63, 3.8) is 0 Å². The van der Waals surface area contributed by atoms with Crippen molar-refractivity contribution in [3.05, 3.63) is 10.2 Å². The molecule has 172 valence electrons. The zero-order valence-electron chi connectivity index (χ0n) is 17.8. The third-order valence-corrected chi connectivity index (χ3v) is 2.92. The van der Waals surface area contributed by atoms with Crippen LogP contribution < -0.4 is 33.8 Å². The minimum atomic E-state index is -1.45. The van der Waals surface area contributed by atoms with Gasteiger partial charge in [-0.15, -0.1) is 0 Å². The topological polar surface area (TPSA) is 175 Å². The van der Waals surface area contributed by atoms with E-state index < -0.39 is 75.7 Å². The van der Waals surface area contributed by atoms with Gasteiger partial charge in [-0.2, -0.15) is 0 Å². The van der Waals surface area contributed by atoms with E-state index in [1.54, 1.807) is 0 Å². The summed E-state index contributed by atoms with van der Waals surface area (Å²) in [4.78, 5) is 83.1. The van der Waals surface area contributed by atoms with Gasteiger partial charge in [-0.1, -0.05) is 0 Å². The molecule has 13 heteroatoms. The van der Waals surface area contributed by atoms with Crippen LogP contribution in [0.25, 0.3) is 0 Å². The van der Waals surface area contributed by atoms with E-state index in [-0.39, 0.29) is 0 Å². The Kier molecular flexibility index (Phi) is 8.57. The van der Waals surface area contributed by atoms with Crippen LogP contribution in [0.5, 0.6) is 34.5 Å². The number of esters is 6. The lowest BCUT2D eigenvalue weighted by Crippen LogP contribution is -2.17. The van der Waals surface area contributed by atoms with Crippen molar-refractivity contribution >= 4 is 35.8 Å². The van der Waals surface area contributed by atoms with Crippen LogP contribution in [0, 0.1) is 0 Å². The van der Waals surface area contributed by atoms with Crippen molar-refractivity contribution < 1.29 is 57.2 Å². The predicted octanol–water partition coefficient (Wildman–Crippen LogP) is 0.599. The first-order valence-electron chi connectivity index (χ1n) is 8.63. The molecule has 0 spiro atoms. The van der Waals surface area contributed by atoms with Crippen molar-refractivity contribution in [2.75, 3.05) is 0 Å². The summed E-state index contributed by atoms with van der Waals surface area (Å²) in [5.41, 5.74) is -1.45. The molecular weight excluding hydrogens is 436 g/mol. The maximum absolute atomic E-state index is 13.1. The summed E-state index contributed by atoms with van der Waals surface area (Å²) in [6.07, 6.45) is 0. The highest BCUT2D eigenvalue weighted by Gasteiger charge is 2.34. The van der Waals surface area contributed by atoms with Gasteiger partial charge >= 0.3 is 35.8 Å². The molecule has 0 aliphatic heterocycles. The third-order valence-electron chi connectivity index (χ3n) is 2.92. The van der Waals surface area contributed by atoms with Gasteiger partial charge in [-0.3, -0.25) is 33.6 Å². The molecule has 0 heterocycles. The van der Waals surface area contributed by atoms with Gasteiger partial charge in [0.1, 0.15) is 0 Å². The molecule has 0 fully saturated rings. The van der Waals surface area contributed by atoms with Crippen LogP contribution in [-0.4, -0.2) is 35.8 Å². The third kappa shape index (κ3) is 6.90. The van der Waals surface area contributed by atoms with Crippen LogP contribution in [0.15, 0.2) is 4.79 Å². The molecule has 1 rings (SSSR count). The molecule has 0 aliphatic carbocycles. The quantitative estimate of drug-likeness (QED) is 0.547. The Labute approximate surface area is 180 Å². The van der Waals surface area contributed by atoms with Crippen LogP contribution >= 0.6 is 0 Å². The zero-order valence-corrected chi connectivity index (χ0v) is 17.8. The van der Waals surface area contributed by atoms with E-state index in [1.807, 2.05) is 0 Å². The second kappa shape index (κ2) is 10.7. The lowest BCUT2D eigenvalue weighted by molar-refractivity contribution is -0.136. The lowest BCUT2D eigenvalue weighted by atomic mass is 10.3. The summed E-state index contributed by atoms with van der Waals surface area (Å²) in [5, 5.41) is 0. The van der Waals surface area contributed by atoms with Crippen LogP contribution in [0.3, 0.4) is 0 Å². The zero-order chi connectivity index (χ0) is 24.7. The largest absolute Gasteiger partial charge is 0.418 e. The van der Waals surface area contributed by atoms with Crippen molar-refractivity contribution in [1.82, 2.24) is 0 Å². The van der Waals surface area contributed by atoms with E-state index in [0.29, 0.717) is 0 Å².